The second-order valence-corrected chi connectivity index (χ2v) is 6.02. The van der Waals surface area contributed by atoms with Gasteiger partial charge in [-0.15, -0.1) is 11.3 Å². The zero-order chi connectivity index (χ0) is 18.5. The van der Waals surface area contributed by atoms with Gasteiger partial charge < -0.3 is 5.32 Å². The smallest absolute Gasteiger partial charge is 0.269 e. The number of carbonyl (C=O) groups is 2. The van der Waals surface area contributed by atoms with E-state index in [4.69, 9.17) is 0 Å². The molecule has 3 aromatic rings. The number of nitrogens with zero attached hydrogens (tertiary/aromatic N) is 2. The molecule has 1 heterocycles. The lowest BCUT2D eigenvalue weighted by Gasteiger charge is -2.07. The summed E-state index contributed by atoms with van der Waals surface area (Å²) in [4.78, 5) is 38.5. The Labute approximate surface area is 151 Å². The maximum atomic E-state index is 12.2. The molecule has 1 aromatic heterocycles. The Kier molecular flexibility index (Phi) is 4.99. The molecule has 0 bridgehead atoms. The van der Waals surface area contributed by atoms with E-state index in [9.17, 15) is 19.7 Å². The Morgan fingerprint density at radius 3 is 2.38 bits per heavy atom. The van der Waals surface area contributed by atoms with Crippen molar-refractivity contribution < 1.29 is 14.5 Å². The lowest BCUT2D eigenvalue weighted by Crippen LogP contribution is -2.14. The van der Waals surface area contributed by atoms with Gasteiger partial charge in [-0.1, -0.05) is 6.07 Å². The van der Waals surface area contributed by atoms with Crippen LogP contribution in [0, 0.1) is 10.1 Å². The third kappa shape index (κ3) is 4.08. The number of benzene rings is 2. The molecule has 9 heteroatoms. The molecular weight excluding hydrogens is 356 g/mol. The predicted molar refractivity (Wildman–Crippen MR) is 97.6 cm³/mol. The highest BCUT2D eigenvalue weighted by Crippen LogP contribution is 2.17. The third-order valence-corrected chi connectivity index (χ3v) is 4.06. The molecule has 2 aromatic carbocycles. The van der Waals surface area contributed by atoms with Crippen LogP contribution in [0.1, 0.15) is 20.7 Å². The second kappa shape index (κ2) is 7.53. The van der Waals surface area contributed by atoms with Crippen LogP contribution in [0.5, 0.6) is 0 Å². The van der Waals surface area contributed by atoms with Crippen molar-refractivity contribution in [3.05, 3.63) is 81.3 Å². The molecule has 0 radical (unpaired) electrons. The minimum Gasteiger partial charge on any atom is -0.322 e. The molecule has 0 aliphatic rings. The molecule has 0 unspecified atom stereocenters. The lowest BCUT2D eigenvalue weighted by atomic mass is 10.1. The molecule has 2 amide bonds. The van der Waals surface area contributed by atoms with Crippen LogP contribution >= 0.6 is 11.3 Å². The van der Waals surface area contributed by atoms with E-state index in [0.29, 0.717) is 16.4 Å². The number of nitrogens with one attached hydrogen (secondary N) is 2. The summed E-state index contributed by atoms with van der Waals surface area (Å²) in [6, 6.07) is 11.7. The molecule has 26 heavy (non-hydrogen) atoms. The first-order valence-corrected chi connectivity index (χ1v) is 8.27. The SMILES string of the molecule is O=C(Nc1cccc(C(=O)Nc2nccs2)c1)c1ccc([N+](=O)[O-])cc1. The van der Waals surface area contributed by atoms with E-state index in [1.54, 1.807) is 29.8 Å². The monoisotopic (exact) mass is 368 g/mol. The van der Waals surface area contributed by atoms with E-state index < -0.39 is 10.8 Å². The largest absolute Gasteiger partial charge is 0.322 e. The molecular formula is C17H12N4O4S. The first-order chi connectivity index (χ1) is 12.5. The molecule has 0 atom stereocenters. The van der Waals surface area contributed by atoms with Gasteiger partial charge in [0.05, 0.1) is 4.92 Å². The fourth-order valence-electron chi connectivity index (χ4n) is 2.13. The van der Waals surface area contributed by atoms with Gasteiger partial charge in [0.15, 0.2) is 5.13 Å². The minimum absolute atomic E-state index is 0.0950. The molecule has 0 spiro atoms. The number of hydrogen-bond acceptors (Lipinski definition) is 6. The Morgan fingerprint density at radius 1 is 1.00 bits per heavy atom. The minimum atomic E-state index is -0.535. The summed E-state index contributed by atoms with van der Waals surface area (Å²) in [7, 11) is 0. The van der Waals surface area contributed by atoms with Crippen molar-refractivity contribution in [1.82, 2.24) is 4.98 Å². The van der Waals surface area contributed by atoms with E-state index in [2.05, 4.69) is 15.6 Å². The van der Waals surface area contributed by atoms with Crippen LogP contribution in [-0.2, 0) is 0 Å². The van der Waals surface area contributed by atoms with Gasteiger partial charge in [0.25, 0.3) is 17.5 Å². The van der Waals surface area contributed by atoms with Gasteiger partial charge in [0, 0.05) is 40.5 Å². The molecule has 0 saturated heterocycles. The highest BCUT2D eigenvalue weighted by atomic mass is 32.1. The molecule has 0 aliphatic carbocycles. The van der Waals surface area contributed by atoms with Gasteiger partial charge in [-0.25, -0.2) is 4.98 Å². The molecule has 2 N–H and O–H groups in total. The van der Waals surface area contributed by atoms with Crippen LogP contribution in [0.2, 0.25) is 0 Å². The highest BCUT2D eigenvalue weighted by molar-refractivity contribution is 7.13. The highest BCUT2D eigenvalue weighted by Gasteiger charge is 2.12. The number of nitro benzene ring substituents is 1. The molecule has 130 valence electrons. The number of thiazole rings is 1. The maximum Gasteiger partial charge on any atom is 0.269 e. The number of nitro groups is 1. The van der Waals surface area contributed by atoms with E-state index in [1.807, 2.05) is 0 Å². The number of rotatable bonds is 5. The number of carbonyl (C=O) groups excluding carboxylic acids is 2. The summed E-state index contributed by atoms with van der Waals surface area (Å²) in [5, 5.41) is 18.2. The van der Waals surface area contributed by atoms with Gasteiger partial charge >= 0.3 is 0 Å². The summed E-state index contributed by atoms with van der Waals surface area (Å²) in [5.74, 6) is -0.774. The number of anilines is 2. The average molecular weight is 368 g/mol. The van der Waals surface area contributed by atoms with Crippen LogP contribution in [-0.4, -0.2) is 21.7 Å². The van der Waals surface area contributed by atoms with E-state index in [0.717, 1.165) is 0 Å². The van der Waals surface area contributed by atoms with E-state index >= 15 is 0 Å². The van der Waals surface area contributed by atoms with Crippen LogP contribution < -0.4 is 10.6 Å². The average Bonchev–Trinajstić information content (AvgIpc) is 3.15. The van der Waals surface area contributed by atoms with Gasteiger partial charge in [0.1, 0.15) is 0 Å². The van der Waals surface area contributed by atoms with Gasteiger partial charge in [-0.05, 0) is 30.3 Å². The fraction of sp³-hybridized carbons (Fsp3) is 0. The Morgan fingerprint density at radius 2 is 1.73 bits per heavy atom. The zero-order valence-corrected chi connectivity index (χ0v) is 14.0. The summed E-state index contributed by atoms with van der Waals surface area (Å²) in [5.41, 5.74) is 0.970. The topological polar surface area (TPSA) is 114 Å². The van der Waals surface area contributed by atoms with Crippen molar-refractivity contribution in [2.45, 2.75) is 0 Å². The normalized spacial score (nSPS) is 10.2. The van der Waals surface area contributed by atoms with Gasteiger partial charge in [0.2, 0.25) is 0 Å². The first kappa shape index (κ1) is 17.2. The maximum absolute atomic E-state index is 12.2. The summed E-state index contributed by atoms with van der Waals surface area (Å²) >= 11 is 1.30. The second-order valence-electron chi connectivity index (χ2n) is 5.13. The third-order valence-electron chi connectivity index (χ3n) is 3.38. The summed E-state index contributed by atoms with van der Waals surface area (Å²) in [6.07, 6.45) is 1.58. The number of hydrogen-bond donors (Lipinski definition) is 2. The number of non-ortho nitro benzene ring substituents is 1. The quantitative estimate of drug-likeness (QED) is 0.528. The summed E-state index contributed by atoms with van der Waals surface area (Å²) < 4.78 is 0. The molecule has 3 rings (SSSR count). The van der Waals surface area contributed by atoms with Crippen molar-refractivity contribution in [2.24, 2.45) is 0 Å². The standard InChI is InChI=1S/C17H12N4O4S/c22-15(11-4-6-14(7-5-11)21(24)25)19-13-3-1-2-12(10-13)16(23)20-17-18-8-9-26-17/h1-10H,(H,19,22)(H,18,20,23). The van der Waals surface area contributed by atoms with Crippen LogP contribution in [0.4, 0.5) is 16.5 Å². The Bertz CT molecular complexity index is 955. The zero-order valence-electron chi connectivity index (χ0n) is 13.2. The van der Waals surface area contributed by atoms with Crippen molar-refractivity contribution >= 4 is 39.7 Å². The number of amides is 2. The summed E-state index contributed by atoms with van der Waals surface area (Å²) in [6.45, 7) is 0. The van der Waals surface area contributed by atoms with Crippen molar-refractivity contribution in [3.8, 4) is 0 Å². The predicted octanol–water partition coefficient (Wildman–Crippen LogP) is 3.56. The van der Waals surface area contributed by atoms with Crippen LogP contribution in [0.15, 0.2) is 60.1 Å². The van der Waals surface area contributed by atoms with Crippen molar-refractivity contribution in [3.63, 3.8) is 0 Å². The Hall–Kier alpha value is -3.59. The van der Waals surface area contributed by atoms with Gasteiger partial charge in [-0.3, -0.25) is 25.0 Å². The van der Waals surface area contributed by atoms with Gasteiger partial charge in [-0.2, -0.15) is 0 Å². The van der Waals surface area contributed by atoms with Crippen molar-refractivity contribution in [1.29, 1.82) is 0 Å². The number of aromatic nitrogens is 1. The van der Waals surface area contributed by atoms with Crippen LogP contribution in [0.3, 0.4) is 0 Å². The lowest BCUT2D eigenvalue weighted by molar-refractivity contribution is -0.384. The van der Waals surface area contributed by atoms with Crippen molar-refractivity contribution in [2.75, 3.05) is 10.6 Å². The molecule has 0 saturated carbocycles. The van der Waals surface area contributed by atoms with E-state index in [1.165, 1.54) is 41.7 Å². The molecule has 8 nitrogen and oxygen atoms in total. The van der Waals surface area contributed by atoms with Crippen LogP contribution in [0.25, 0.3) is 0 Å². The first-order valence-electron chi connectivity index (χ1n) is 7.39. The molecule has 0 fully saturated rings. The molecule has 0 aliphatic heterocycles. The Balaban J connectivity index is 1.70. The fourth-order valence-corrected chi connectivity index (χ4v) is 2.65. The van der Waals surface area contributed by atoms with E-state index in [-0.39, 0.29) is 17.2 Å².